The van der Waals surface area contributed by atoms with Gasteiger partial charge < -0.3 is 4.42 Å². The number of carbonyl (C=O) groups excluding carboxylic acids is 1. The molecule has 2 aromatic carbocycles. The maximum Gasteiger partial charge on any atom is 0.276 e. The van der Waals surface area contributed by atoms with Crippen molar-refractivity contribution < 1.29 is 9.21 Å². The molecular formula is C22H17ClN4O2S. The Labute approximate surface area is 181 Å². The third kappa shape index (κ3) is 3.11. The van der Waals surface area contributed by atoms with Gasteiger partial charge in [-0.2, -0.15) is 0 Å². The van der Waals surface area contributed by atoms with E-state index < -0.39 is 6.17 Å². The predicted molar refractivity (Wildman–Crippen MR) is 118 cm³/mol. The lowest BCUT2D eigenvalue weighted by molar-refractivity contribution is -0.116. The van der Waals surface area contributed by atoms with E-state index in [1.807, 2.05) is 67.8 Å². The lowest BCUT2D eigenvalue weighted by Gasteiger charge is -2.32. The molecule has 1 atom stereocenters. The average molecular weight is 437 g/mol. The van der Waals surface area contributed by atoms with E-state index in [2.05, 4.69) is 10.4 Å². The zero-order chi connectivity index (χ0) is 20.8. The summed E-state index contributed by atoms with van der Waals surface area (Å²) in [5.41, 5.74) is 2.34. The zero-order valence-electron chi connectivity index (χ0n) is 16.2. The number of para-hydroxylation sites is 1. The first-order valence-corrected chi connectivity index (χ1v) is 10.9. The first-order valence-electron chi connectivity index (χ1n) is 9.32. The van der Waals surface area contributed by atoms with E-state index in [-0.39, 0.29) is 5.91 Å². The van der Waals surface area contributed by atoms with Crippen LogP contribution in [0.15, 0.2) is 69.1 Å². The molecule has 0 aliphatic carbocycles. The number of hydrogen-bond donors (Lipinski definition) is 1. The van der Waals surface area contributed by atoms with Crippen LogP contribution in [-0.4, -0.2) is 22.3 Å². The number of halogens is 1. The van der Waals surface area contributed by atoms with Gasteiger partial charge in [0, 0.05) is 15.8 Å². The molecule has 30 heavy (non-hydrogen) atoms. The summed E-state index contributed by atoms with van der Waals surface area (Å²) < 4.78 is 6.16. The van der Waals surface area contributed by atoms with Crippen molar-refractivity contribution in [1.29, 1.82) is 0 Å². The van der Waals surface area contributed by atoms with E-state index in [1.165, 1.54) is 11.8 Å². The largest absolute Gasteiger partial charge is 0.457 e. The molecule has 0 spiro atoms. The highest BCUT2D eigenvalue weighted by Gasteiger charge is 2.35. The lowest BCUT2D eigenvalue weighted by atomic mass is 10.1. The van der Waals surface area contributed by atoms with Crippen LogP contribution >= 0.6 is 23.4 Å². The topological polar surface area (TPSA) is 70.2 Å². The molecule has 6 nitrogen and oxygen atoms in total. The number of hydrogen-bond acceptors (Lipinski definition) is 6. The summed E-state index contributed by atoms with van der Waals surface area (Å²) in [5.74, 6) is 1.06. The minimum Gasteiger partial charge on any atom is -0.457 e. The highest BCUT2D eigenvalue weighted by Crippen LogP contribution is 2.34. The summed E-state index contributed by atoms with van der Waals surface area (Å²) in [6.07, 6.45) is 1.28. The molecule has 0 bridgehead atoms. The molecule has 3 heterocycles. The van der Waals surface area contributed by atoms with Crippen LogP contribution in [0.3, 0.4) is 0 Å². The van der Waals surface area contributed by atoms with Crippen molar-refractivity contribution in [3.63, 3.8) is 0 Å². The molecule has 5 rings (SSSR count). The van der Waals surface area contributed by atoms with E-state index in [1.54, 1.807) is 5.01 Å². The molecule has 2 aliphatic rings. The Bertz CT molecular complexity index is 1330. The van der Waals surface area contributed by atoms with Gasteiger partial charge in [0.05, 0.1) is 5.36 Å². The summed E-state index contributed by atoms with van der Waals surface area (Å²) >= 11 is 7.64. The van der Waals surface area contributed by atoms with Gasteiger partial charge in [-0.15, -0.1) is 5.10 Å². The molecule has 3 aromatic rings. The predicted octanol–water partition coefficient (Wildman–Crippen LogP) is 3.41. The SMILES string of the molecule is CSC1=NN2C(=c3ccccc3=NC2c2ccc(-c3ccc(C)c(Cl)c3)o2)C(=O)N1. The van der Waals surface area contributed by atoms with Gasteiger partial charge in [-0.3, -0.25) is 10.1 Å². The molecule has 1 amide bonds. The van der Waals surface area contributed by atoms with Crippen LogP contribution in [-0.2, 0) is 4.79 Å². The highest BCUT2D eigenvalue weighted by molar-refractivity contribution is 8.13. The van der Waals surface area contributed by atoms with E-state index in [9.17, 15) is 4.79 Å². The number of amides is 1. The second-order valence-electron chi connectivity index (χ2n) is 6.94. The summed E-state index contributed by atoms with van der Waals surface area (Å²) in [6.45, 7) is 1.96. The Morgan fingerprint density at radius 3 is 2.80 bits per heavy atom. The quantitative estimate of drug-likeness (QED) is 0.668. The van der Waals surface area contributed by atoms with Gasteiger partial charge in [-0.1, -0.05) is 53.7 Å². The third-order valence-electron chi connectivity index (χ3n) is 5.05. The monoisotopic (exact) mass is 436 g/mol. The first kappa shape index (κ1) is 19.0. The van der Waals surface area contributed by atoms with Gasteiger partial charge in [0.2, 0.25) is 6.17 Å². The Balaban J connectivity index is 1.64. The molecule has 1 aromatic heterocycles. The van der Waals surface area contributed by atoms with Crippen molar-refractivity contribution in [3.8, 4) is 11.3 Å². The fraction of sp³-hybridized carbons (Fsp3) is 0.136. The number of carbonyl (C=O) groups is 1. The molecule has 1 unspecified atom stereocenters. The normalized spacial score (nSPS) is 17.6. The summed E-state index contributed by atoms with van der Waals surface area (Å²) in [6, 6.07) is 17.1. The maximum atomic E-state index is 12.9. The number of nitrogens with one attached hydrogen (secondary N) is 1. The molecule has 1 N–H and O–H groups in total. The van der Waals surface area contributed by atoms with Gasteiger partial charge >= 0.3 is 0 Å². The number of benzene rings is 2. The van der Waals surface area contributed by atoms with Crippen molar-refractivity contribution in [2.75, 3.05) is 6.26 Å². The van der Waals surface area contributed by atoms with Crippen LogP contribution in [0.5, 0.6) is 0 Å². The Kier molecular flexibility index (Phi) is 4.64. The molecular weight excluding hydrogens is 420 g/mol. The number of furan rings is 1. The number of amidine groups is 1. The first-order chi connectivity index (χ1) is 14.5. The van der Waals surface area contributed by atoms with Crippen molar-refractivity contribution in [2.24, 2.45) is 10.1 Å². The Morgan fingerprint density at radius 2 is 2.00 bits per heavy atom. The van der Waals surface area contributed by atoms with Gasteiger partial charge in [-0.25, -0.2) is 10.0 Å². The fourth-order valence-electron chi connectivity index (χ4n) is 3.50. The molecule has 150 valence electrons. The van der Waals surface area contributed by atoms with Gasteiger partial charge in [0.25, 0.3) is 5.91 Å². The molecule has 0 radical (unpaired) electrons. The summed E-state index contributed by atoms with van der Waals surface area (Å²) in [5, 5.41) is 11.7. The smallest absolute Gasteiger partial charge is 0.276 e. The van der Waals surface area contributed by atoms with E-state index >= 15 is 0 Å². The van der Waals surface area contributed by atoms with E-state index in [0.29, 0.717) is 27.4 Å². The number of rotatable bonds is 2. The van der Waals surface area contributed by atoms with Crippen molar-refractivity contribution in [1.82, 2.24) is 10.3 Å². The van der Waals surface area contributed by atoms with Crippen LogP contribution in [0.25, 0.3) is 17.0 Å². The number of aryl methyl sites for hydroxylation is 1. The van der Waals surface area contributed by atoms with Crippen molar-refractivity contribution >= 4 is 40.1 Å². The maximum absolute atomic E-state index is 12.9. The zero-order valence-corrected chi connectivity index (χ0v) is 17.8. The van der Waals surface area contributed by atoms with Gasteiger partial charge in [0.15, 0.2) is 10.9 Å². The standard InChI is InChI=1S/C22H17ClN4O2S/c1-12-7-8-13(11-15(12)23)17-9-10-18(29-17)20-24-16-6-4-3-5-14(16)19-21(28)25-22(30-2)26-27(19)20/h3-11,20H,1-2H3,(H,25,26,28). The molecule has 0 saturated carbocycles. The molecule has 2 aliphatic heterocycles. The summed E-state index contributed by atoms with van der Waals surface area (Å²) in [7, 11) is 0. The van der Waals surface area contributed by atoms with E-state index in [4.69, 9.17) is 21.0 Å². The number of hydrazone groups is 1. The number of thioether (sulfide) groups is 1. The molecule has 8 heteroatoms. The van der Waals surface area contributed by atoms with Gasteiger partial charge in [0.1, 0.15) is 11.5 Å². The Morgan fingerprint density at radius 1 is 1.17 bits per heavy atom. The highest BCUT2D eigenvalue weighted by atomic mass is 35.5. The second kappa shape index (κ2) is 7.34. The minimum atomic E-state index is -0.585. The molecule has 0 saturated heterocycles. The minimum absolute atomic E-state index is 0.209. The lowest BCUT2D eigenvalue weighted by Crippen LogP contribution is -2.50. The van der Waals surface area contributed by atoms with Gasteiger partial charge in [-0.05, 0) is 43.0 Å². The fourth-order valence-corrected chi connectivity index (χ4v) is 4.04. The second-order valence-corrected chi connectivity index (χ2v) is 8.14. The van der Waals surface area contributed by atoms with Crippen molar-refractivity contribution in [2.45, 2.75) is 13.1 Å². The van der Waals surface area contributed by atoms with Crippen LogP contribution in [0.4, 0.5) is 0 Å². The number of fused-ring (bicyclic) bond motifs is 2. The third-order valence-corrected chi connectivity index (χ3v) is 6.02. The average Bonchev–Trinajstić information content (AvgIpc) is 3.24. The number of nitrogens with zero attached hydrogens (tertiary/aromatic N) is 3. The van der Waals surface area contributed by atoms with Crippen LogP contribution in [0.2, 0.25) is 5.02 Å². The van der Waals surface area contributed by atoms with Crippen LogP contribution < -0.4 is 15.9 Å². The van der Waals surface area contributed by atoms with Crippen molar-refractivity contribution in [3.05, 3.63) is 81.5 Å². The summed E-state index contributed by atoms with van der Waals surface area (Å²) in [4.78, 5) is 17.7. The van der Waals surface area contributed by atoms with Crippen LogP contribution in [0.1, 0.15) is 17.5 Å². The van der Waals surface area contributed by atoms with E-state index in [0.717, 1.165) is 21.7 Å². The molecule has 0 fully saturated rings. The van der Waals surface area contributed by atoms with Crippen LogP contribution in [0, 0.1) is 6.92 Å². The Hall–Kier alpha value is -3.03.